The number of carbonyl (C=O) groups excluding carboxylic acids is 1. The zero-order valence-corrected chi connectivity index (χ0v) is 9.19. The number of methoxy groups -OCH3 is 1. The minimum atomic E-state index is -0.0517. The summed E-state index contributed by atoms with van der Waals surface area (Å²) >= 11 is 0. The summed E-state index contributed by atoms with van der Waals surface area (Å²) in [6.07, 6.45) is 0.356. The summed E-state index contributed by atoms with van der Waals surface area (Å²) in [5.41, 5.74) is 1.52. The van der Waals surface area contributed by atoms with Gasteiger partial charge in [0.25, 0.3) is 0 Å². The average Bonchev–Trinajstić information content (AvgIpc) is 2.34. The van der Waals surface area contributed by atoms with Gasteiger partial charge in [-0.05, 0) is 17.7 Å². The van der Waals surface area contributed by atoms with Crippen LogP contribution in [0, 0.1) is 11.3 Å². The van der Waals surface area contributed by atoms with Gasteiger partial charge in [0.1, 0.15) is 0 Å². The third-order valence-electron chi connectivity index (χ3n) is 2.08. The summed E-state index contributed by atoms with van der Waals surface area (Å²) in [5, 5.41) is 11.5. The molecule has 1 N–H and O–H groups in total. The first-order valence-electron chi connectivity index (χ1n) is 5.01. The van der Waals surface area contributed by atoms with Crippen LogP contribution in [0.4, 0.5) is 0 Å². The van der Waals surface area contributed by atoms with Crippen LogP contribution in [0.25, 0.3) is 0 Å². The summed E-state index contributed by atoms with van der Waals surface area (Å²) < 4.78 is 4.80. The van der Waals surface area contributed by atoms with Crippen molar-refractivity contribution in [1.82, 2.24) is 5.32 Å². The highest BCUT2D eigenvalue weighted by atomic mass is 16.5. The quantitative estimate of drug-likeness (QED) is 0.808. The second-order valence-electron chi connectivity index (χ2n) is 3.33. The van der Waals surface area contributed by atoms with Crippen molar-refractivity contribution in [1.29, 1.82) is 5.26 Å². The molecular weight excluding hydrogens is 204 g/mol. The molecule has 0 aromatic heterocycles. The van der Waals surface area contributed by atoms with Crippen molar-refractivity contribution in [3.8, 4) is 6.07 Å². The molecule has 0 unspecified atom stereocenters. The second-order valence-corrected chi connectivity index (χ2v) is 3.33. The predicted octanol–water partition coefficient (Wildman–Crippen LogP) is 1.21. The number of ether oxygens (including phenoxy) is 1. The van der Waals surface area contributed by atoms with E-state index in [0.29, 0.717) is 25.1 Å². The van der Waals surface area contributed by atoms with Crippen LogP contribution in [-0.4, -0.2) is 19.6 Å². The van der Waals surface area contributed by atoms with E-state index in [-0.39, 0.29) is 5.91 Å². The number of amides is 1. The fourth-order valence-corrected chi connectivity index (χ4v) is 1.23. The van der Waals surface area contributed by atoms with E-state index in [1.165, 1.54) is 0 Å². The van der Waals surface area contributed by atoms with Crippen LogP contribution in [0.15, 0.2) is 24.3 Å². The molecule has 84 valence electrons. The van der Waals surface area contributed by atoms with Crippen LogP contribution in [0.3, 0.4) is 0 Å². The van der Waals surface area contributed by atoms with Gasteiger partial charge in [-0.25, -0.2) is 0 Å². The summed E-state index contributed by atoms with van der Waals surface area (Å²) in [6.45, 7) is 0.863. The third-order valence-corrected chi connectivity index (χ3v) is 2.08. The molecule has 1 amide bonds. The van der Waals surface area contributed by atoms with E-state index < -0.39 is 0 Å². The lowest BCUT2D eigenvalue weighted by molar-refractivity contribution is -0.122. The number of carbonyl (C=O) groups is 1. The molecule has 0 heterocycles. The van der Waals surface area contributed by atoms with Gasteiger partial charge in [-0.2, -0.15) is 5.26 Å². The van der Waals surface area contributed by atoms with Gasteiger partial charge < -0.3 is 10.1 Å². The molecule has 0 saturated heterocycles. The van der Waals surface area contributed by atoms with Gasteiger partial charge in [0.15, 0.2) is 0 Å². The van der Waals surface area contributed by atoms with Crippen molar-refractivity contribution in [2.75, 3.05) is 13.7 Å². The van der Waals surface area contributed by atoms with Crippen molar-refractivity contribution >= 4 is 5.91 Å². The lowest BCUT2D eigenvalue weighted by atomic mass is 10.1. The molecule has 0 bridgehead atoms. The van der Waals surface area contributed by atoms with E-state index in [1.807, 2.05) is 6.07 Å². The van der Waals surface area contributed by atoms with E-state index in [2.05, 4.69) is 11.4 Å². The second kappa shape index (κ2) is 6.59. The Morgan fingerprint density at radius 2 is 2.38 bits per heavy atom. The summed E-state index contributed by atoms with van der Waals surface area (Å²) in [5.74, 6) is -0.0517. The molecule has 0 aliphatic heterocycles. The monoisotopic (exact) mass is 218 g/mol. The molecule has 4 nitrogen and oxygen atoms in total. The molecule has 0 fully saturated rings. The molecular formula is C12H14N2O2. The fraction of sp³-hybridized carbons (Fsp3) is 0.333. The van der Waals surface area contributed by atoms with Crippen LogP contribution in [0.5, 0.6) is 0 Å². The maximum absolute atomic E-state index is 11.3. The van der Waals surface area contributed by atoms with Gasteiger partial charge in [0.05, 0.1) is 18.2 Å². The van der Waals surface area contributed by atoms with Gasteiger partial charge in [-0.3, -0.25) is 4.79 Å². The zero-order valence-electron chi connectivity index (χ0n) is 9.19. The minimum Gasteiger partial charge on any atom is -0.384 e. The largest absolute Gasteiger partial charge is 0.384 e. The number of benzene rings is 1. The Hall–Kier alpha value is -1.86. The van der Waals surface area contributed by atoms with E-state index in [0.717, 1.165) is 5.56 Å². The van der Waals surface area contributed by atoms with E-state index in [9.17, 15) is 4.79 Å². The van der Waals surface area contributed by atoms with Crippen LogP contribution >= 0.6 is 0 Å². The number of hydrogen-bond donors (Lipinski definition) is 1. The SMILES string of the molecule is COCCC(=O)NCc1cccc(C#N)c1. The highest BCUT2D eigenvalue weighted by Crippen LogP contribution is 2.03. The van der Waals surface area contributed by atoms with Crippen LogP contribution < -0.4 is 5.32 Å². The Morgan fingerprint density at radius 1 is 1.56 bits per heavy atom. The number of nitrogens with one attached hydrogen (secondary N) is 1. The molecule has 1 aromatic carbocycles. The molecule has 0 radical (unpaired) electrons. The molecule has 1 aromatic rings. The predicted molar refractivity (Wildman–Crippen MR) is 59.5 cm³/mol. The molecule has 16 heavy (non-hydrogen) atoms. The summed E-state index contributed by atoms with van der Waals surface area (Å²) in [7, 11) is 1.56. The van der Waals surface area contributed by atoms with E-state index in [4.69, 9.17) is 10.00 Å². The topological polar surface area (TPSA) is 62.1 Å². The van der Waals surface area contributed by atoms with Crippen LogP contribution in [-0.2, 0) is 16.1 Å². The Bertz CT molecular complexity index is 396. The smallest absolute Gasteiger partial charge is 0.222 e. The number of nitrogens with zero attached hydrogens (tertiary/aromatic N) is 1. The Morgan fingerprint density at radius 3 is 3.06 bits per heavy atom. The number of rotatable bonds is 5. The molecule has 4 heteroatoms. The summed E-state index contributed by atoms with van der Waals surface area (Å²) in [4.78, 5) is 11.3. The minimum absolute atomic E-state index is 0.0517. The van der Waals surface area contributed by atoms with E-state index in [1.54, 1.807) is 25.3 Å². The first-order chi connectivity index (χ1) is 7.76. The number of hydrogen-bond acceptors (Lipinski definition) is 3. The standard InChI is InChI=1S/C12H14N2O2/c1-16-6-5-12(15)14-9-11-4-2-3-10(7-11)8-13/h2-4,7H,5-6,9H2,1H3,(H,14,15). The maximum atomic E-state index is 11.3. The van der Waals surface area contributed by atoms with Gasteiger partial charge in [-0.15, -0.1) is 0 Å². The fourth-order valence-electron chi connectivity index (χ4n) is 1.23. The zero-order chi connectivity index (χ0) is 11.8. The third kappa shape index (κ3) is 4.11. The van der Waals surface area contributed by atoms with Gasteiger partial charge in [0.2, 0.25) is 5.91 Å². The van der Waals surface area contributed by atoms with Crippen molar-refractivity contribution in [3.05, 3.63) is 35.4 Å². The van der Waals surface area contributed by atoms with Gasteiger partial charge in [0, 0.05) is 20.1 Å². The first-order valence-corrected chi connectivity index (χ1v) is 5.01. The Balaban J connectivity index is 2.42. The van der Waals surface area contributed by atoms with Crippen molar-refractivity contribution in [3.63, 3.8) is 0 Å². The first kappa shape index (κ1) is 12.2. The molecule has 0 saturated carbocycles. The highest BCUT2D eigenvalue weighted by Gasteiger charge is 2.01. The summed E-state index contributed by atoms with van der Waals surface area (Å²) in [6, 6.07) is 9.22. The van der Waals surface area contributed by atoms with Crippen molar-refractivity contribution < 1.29 is 9.53 Å². The lowest BCUT2D eigenvalue weighted by Crippen LogP contribution is -2.23. The van der Waals surface area contributed by atoms with Crippen molar-refractivity contribution in [2.24, 2.45) is 0 Å². The number of nitriles is 1. The van der Waals surface area contributed by atoms with E-state index >= 15 is 0 Å². The molecule has 1 rings (SSSR count). The molecule has 0 aliphatic carbocycles. The molecule has 0 aliphatic rings. The maximum Gasteiger partial charge on any atom is 0.222 e. The molecule has 0 atom stereocenters. The molecule has 0 spiro atoms. The lowest BCUT2D eigenvalue weighted by Gasteiger charge is -2.05. The normalized spacial score (nSPS) is 9.50. The highest BCUT2D eigenvalue weighted by molar-refractivity contribution is 5.75. The van der Waals surface area contributed by atoms with Gasteiger partial charge >= 0.3 is 0 Å². The average molecular weight is 218 g/mol. The van der Waals surface area contributed by atoms with Crippen LogP contribution in [0.1, 0.15) is 17.5 Å². The van der Waals surface area contributed by atoms with Crippen LogP contribution in [0.2, 0.25) is 0 Å². The Labute approximate surface area is 94.8 Å². The Kier molecular flexibility index (Phi) is 5.03. The van der Waals surface area contributed by atoms with Gasteiger partial charge in [-0.1, -0.05) is 12.1 Å². The van der Waals surface area contributed by atoms with Crippen molar-refractivity contribution in [2.45, 2.75) is 13.0 Å².